The highest BCUT2D eigenvalue weighted by molar-refractivity contribution is 7.90. The summed E-state index contributed by atoms with van der Waals surface area (Å²) in [5.74, 6) is -0.530. The van der Waals surface area contributed by atoms with E-state index in [0.717, 1.165) is 11.5 Å². The van der Waals surface area contributed by atoms with Crippen LogP contribution in [0.15, 0.2) is 65.7 Å². The number of nitro groups is 1. The summed E-state index contributed by atoms with van der Waals surface area (Å²) in [7, 11) is -4.53. The van der Waals surface area contributed by atoms with Crippen LogP contribution in [0.3, 0.4) is 0 Å². The Kier molecular flexibility index (Phi) is 8.00. The molecule has 0 unspecified atom stereocenters. The fourth-order valence-electron chi connectivity index (χ4n) is 5.49. The molecule has 1 fully saturated rings. The number of nitrogens with one attached hydrogen (secondary N) is 3. The zero-order valence-corrected chi connectivity index (χ0v) is 24.8. The van der Waals surface area contributed by atoms with E-state index in [4.69, 9.17) is 9.47 Å². The van der Waals surface area contributed by atoms with Gasteiger partial charge in [0.25, 0.3) is 21.6 Å². The second-order valence-electron chi connectivity index (χ2n) is 10.8. The van der Waals surface area contributed by atoms with E-state index < -0.39 is 36.9 Å². The van der Waals surface area contributed by atoms with Crippen LogP contribution in [0.2, 0.25) is 0 Å². The topological polar surface area (TPSA) is 193 Å². The third kappa shape index (κ3) is 5.97. The summed E-state index contributed by atoms with van der Waals surface area (Å²) in [4.78, 5) is 33.8. The molecule has 232 valence electrons. The van der Waals surface area contributed by atoms with Crippen LogP contribution in [-0.2, 0) is 14.8 Å². The van der Waals surface area contributed by atoms with Crippen molar-refractivity contribution in [3.8, 4) is 11.9 Å². The van der Waals surface area contributed by atoms with Crippen molar-refractivity contribution in [1.29, 1.82) is 5.26 Å². The van der Waals surface area contributed by atoms with Gasteiger partial charge in [-0.2, -0.15) is 10.2 Å². The van der Waals surface area contributed by atoms with E-state index in [9.17, 15) is 28.6 Å². The van der Waals surface area contributed by atoms with Gasteiger partial charge in [0.05, 0.1) is 39.2 Å². The largest absolute Gasteiger partial charge is 0.476 e. The fourth-order valence-corrected chi connectivity index (χ4v) is 6.47. The number of nitriles is 1. The van der Waals surface area contributed by atoms with E-state index in [2.05, 4.69) is 26.1 Å². The van der Waals surface area contributed by atoms with Crippen LogP contribution in [0.25, 0.3) is 11.0 Å². The Bertz CT molecular complexity index is 1930. The highest BCUT2D eigenvalue weighted by Crippen LogP contribution is 2.38. The molecule has 2 aliphatic heterocycles. The van der Waals surface area contributed by atoms with Crippen molar-refractivity contribution in [1.82, 2.24) is 14.7 Å². The summed E-state index contributed by atoms with van der Waals surface area (Å²) in [6.07, 6.45) is 3.31. The van der Waals surface area contributed by atoms with Crippen molar-refractivity contribution in [2.45, 2.75) is 24.2 Å². The predicted molar refractivity (Wildman–Crippen MR) is 164 cm³/mol. The van der Waals surface area contributed by atoms with Crippen molar-refractivity contribution in [3.05, 3.63) is 76.5 Å². The zero-order valence-electron chi connectivity index (χ0n) is 24.0. The number of anilines is 3. The molecule has 0 bridgehead atoms. The Labute approximate surface area is 258 Å². The van der Waals surface area contributed by atoms with Crippen LogP contribution in [0.1, 0.15) is 29.6 Å². The lowest BCUT2D eigenvalue weighted by molar-refractivity contribution is -0.384. The molecule has 15 heteroatoms. The molecule has 0 radical (unpaired) electrons. The number of carbonyl (C=O) groups is 1. The third-order valence-electron chi connectivity index (χ3n) is 7.98. The van der Waals surface area contributed by atoms with Gasteiger partial charge in [0, 0.05) is 44.0 Å². The maximum Gasteiger partial charge on any atom is 0.293 e. The minimum atomic E-state index is -4.53. The lowest BCUT2D eigenvalue weighted by atomic mass is 9.81. The number of ether oxygens (including phenoxy) is 2. The highest BCUT2D eigenvalue weighted by atomic mass is 32.2. The van der Waals surface area contributed by atoms with Gasteiger partial charge < -0.3 is 24.7 Å². The first-order chi connectivity index (χ1) is 21.7. The van der Waals surface area contributed by atoms with Crippen LogP contribution >= 0.6 is 0 Å². The summed E-state index contributed by atoms with van der Waals surface area (Å²) < 4.78 is 40.0. The summed E-state index contributed by atoms with van der Waals surface area (Å²) >= 11 is 0. The maximum absolute atomic E-state index is 13.5. The molecule has 0 atom stereocenters. The Morgan fingerprint density at radius 3 is 2.71 bits per heavy atom. The van der Waals surface area contributed by atoms with Gasteiger partial charge in [-0.25, -0.2) is 13.1 Å². The number of hydrogen-bond donors (Lipinski definition) is 3. The smallest absolute Gasteiger partial charge is 0.293 e. The highest BCUT2D eigenvalue weighted by Gasteiger charge is 2.34. The summed E-state index contributed by atoms with van der Waals surface area (Å²) in [6.45, 7) is 1.82. The van der Waals surface area contributed by atoms with Crippen LogP contribution in [0, 0.1) is 26.9 Å². The Hall–Kier alpha value is -5.20. The van der Waals surface area contributed by atoms with Crippen molar-refractivity contribution in [2.75, 3.05) is 43.1 Å². The first-order valence-corrected chi connectivity index (χ1v) is 15.7. The number of H-pyrrole nitrogens is 1. The number of sulfonamides is 1. The van der Waals surface area contributed by atoms with Crippen molar-refractivity contribution in [3.63, 3.8) is 0 Å². The van der Waals surface area contributed by atoms with Gasteiger partial charge in [0.2, 0.25) is 5.88 Å². The quantitative estimate of drug-likeness (QED) is 0.186. The minimum absolute atomic E-state index is 0.0592. The molecule has 2 aliphatic rings. The molecule has 6 rings (SSSR count). The molecule has 3 N–H and O–H groups in total. The van der Waals surface area contributed by atoms with Crippen molar-refractivity contribution < 1.29 is 27.6 Å². The lowest BCUT2D eigenvalue weighted by Gasteiger charge is -2.30. The molecule has 14 nitrogen and oxygen atoms in total. The molecule has 0 saturated carbocycles. The molecule has 45 heavy (non-hydrogen) atoms. The number of aromatic amines is 1. The van der Waals surface area contributed by atoms with Crippen LogP contribution in [-0.4, -0.2) is 62.1 Å². The summed E-state index contributed by atoms with van der Waals surface area (Å²) in [6, 6.07) is 15.9. The van der Waals surface area contributed by atoms with Gasteiger partial charge >= 0.3 is 0 Å². The first kappa shape index (κ1) is 29.9. The molecule has 1 saturated heterocycles. The number of rotatable bonds is 8. The molecule has 2 aromatic carbocycles. The van der Waals surface area contributed by atoms with Gasteiger partial charge in [-0.05, 0) is 55.7 Å². The number of pyridine rings is 1. The summed E-state index contributed by atoms with van der Waals surface area (Å²) in [5, 5.41) is 25.4. The van der Waals surface area contributed by atoms with Crippen LogP contribution in [0.4, 0.5) is 22.7 Å². The normalized spacial score (nSPS) is 16.1. The van der Waals surface area contributed by atoms with E-state index in [1.807, 2.05) is 17.0 Å². The maximum atomic E-state index is 13.5. The van der Waals surface area contributed by atoms with Gasteiger partial charge in [-0.3, -0.25) is 14.9 Å². The molecular weight excluding hydrogens is 602 g/mol. The number of benzene rings is 2. The second-order valence-corrected chi connectivity index (χ2v) is 12.5. The Balaban J connectivity index is 1.26. The number of nitro benzene ring substituents is 1. The van der Waals surface area contributed by atoms with E-state index in [1.54, 1.807) is 24.4 Å². The van der Waals surface area contributed by atoms with E-state index in [0.29, 0.717) is 68.5 Å². The Morgan fingerprint density at radius 1 is 1.13 bits per heavy atom. The Morgan fingerprint density at radius 2 is 1.93 bits per heavy atom. The number of fused-ring (bicyclic) bond motifs is 2. The van der Waals surface area contributed by atoms with Crippen molar-refractivity contribution >= 4 is 49.7 Å². The number of carbonyl (C=O) groups excluding carboxylic acids is 1. The van der Waals surface area contributed by atoms with Gasteiger partial charge in [0.1, 0.15) is 17.0 Å². The molecule has 4 heterocycles. The number of aromatic nitrogens is 2. The monoisotopic (exact) mass is 631 g/mol. The zero-order chi connectivity index (χ0) is 31.6. The van der Waals surface area contributed by atoms with Crippen molar-refractivity contribution in [2.24, 2.45) is 5.41 Å². The number of para-hydroxylation sites is 1. The molecular formula is C30H29N7O7S. The molecule has 1 amide bonds. The third-order valence-corrected chi connectivity index (χ3v) is 9.31. The minimum Gasteiger partial charge on any atom is -0.476 e. The predicted octanol–water partition coefficient (Wildman–Crippen LogP) is 4.24. The first-order valence-electron chi connectivity index (χ1n) is 14.3. The SMILES string of the molecule is N#CC1(CNc2ccc(S(=O)(=O)NC(=O)c3ccccc3N3CCCOc4nc5[nH]ccc5cc43)cc2[N+](=O)[O-])CCOCC1. The fraction of sp³-hybridized carbons (Fsp3) is 0.300. The molecule has 2 aromatic heterocycles. The van der Waals surface area contributed by atoms with E-state index in [-0.39, 0.29) is 17.8 Å². The van der Waals surface area contributed by atoms with Crippen LogP contribution in [0.5, 0.6) is 5.88 Å². The number of amides is 1. The summed E-state index contributed by atoms with van der Waals surface area (Å²) in [5.41, 5.74) is 0.589. The lowest BCUT2D eigenvalue weighted by Crippen LogP contribution is -2.35. The molecule has 0 aliphatic carbocycles. The van der Waals surface area contributed by atoms with E-state index >= 15 is 0 Å². The average Bonchev–Trinajstić information content (AvgIpc) is 3.41. The number of nitrogens with zero attached hydrogens (tertiary/aromatic N) is 4. The van der Waals surface area contributed by atoms with Crippen LogP contribution < -0.4 is 19.7 Å². The average molecular weight is 632 g/mol. The van der Waals surface area contributed by atoms with Gasteiger partial charge in [-0.15, -0.1) is 0 Å². The molecule has 0 spiro atoms. The van der Waals surface area contributed by atoms with Gasteiger partial charge in [0.15, 0.2) is 0 Å². The molecule has 4 aromatic rings. The van der Waals surface area contributed by atoms with E-state index in [1.165, 1.54) is 18.2 Å². The number of hydrogen-bond acceptors (Lipinski definition) is 11. The second kappa shape index (κ2) is 12.1. The van der Waals surface area contributed by atoms with Gasteiger partial charge in [-0.1, -0.05) is 12.1 Å². The standard InChI is InChI=1S/C30H29N7O7S/c31-18-30(9-14-43-15-10-30)19-33-23-7-6-21(17-25(23)37(39)40)45(41,42)35-28(38)22-4-1-2-5-24(22)36-12-3-13-44-29-26(36)16-20-8-11-32-27(20)34-29/h1-2,4-8,11,16-17,33H,3,9-10,12-15,19H2,(H,32,34)(H,35,38).